The largest absolute Gasteiger partial charge is 0.478 e. The molecular formula is C15H16N4O2. The van der Waals surface area contributed by atoms with Gasteiger partial charge in [-0.2, -0.15) is 5.10 Å². The number of nitrogens with zero attached hydrogens (tertiary/aromatic N) is 4. The summed E-state index contributed by atoms with van der Waals surface area (Å²) in [4.78, 5) is 15.6. The minimum Gasteiger partial charge on any atom is -0.478 e. The molecule has 0 aromatic carbocycles. The monoisotopic (exact) mass is 284 g/mol. The van der Waals surface area contributed by atoms with Crippen LogP contribution in [0.25, 0.3) is 16.9 Å². The Bertz CT molecular complexity index is 845. The van der Waals surface area contributed by atoms with E-state index in [-0.39, 0.29) is 5.56 Å². The van der Waals surface area contributed by atoms with Gasteiger partial charge in [0.1, 0.15) is 5.65 Å². The SMILES string of the molecule is CCn1nc(C)c(-c2cn3cc(C(=O)O)ccc3n2)c1C. The predicted octanol–water partition coefficient (Wildman–Crippen LogP) is 2.53. The number of aryl methyl sites for hydroxylation is 2. The third-order valence-corrected chi connectivity index (χ3v) is 3.64. The zero-order valence-corrected chi connectivity index (χ0v) is 12.2. The van der Waals surface area contributed by atoms with Crippen LogP contribution in [-0.2, 0) is 6.54 Å². The van der Waals surface area contributed by atoms with Gasteiger partial charge in [-0.1, -0.05) is 0 Å². The van der Waals surface area contributed by atoms with Crippen molar-refractivity contribution in [3.8, 4) is 11.3 Å². The van der Waals surface area contributed by atoms with E-state index in [2.05, 4.69) is 10.1 Å². The second-order valence-electron chi connectivity index (χ2n) is 4.98. The Kier molecular flexibility index (Phi) is 3.01. The number of carboxylic acid groups (broad SMARTS) is 1. The van der Waals surface area contributed by atoms with Crippen molar-refractivity contribution < 1.29 is 9.90 Å². The third-order valence-electron chi connectivity index (χ3n) is 3.64. The van der Waals surface area contributed by atoms with Crippen molar-refractivity contribution >= 4 is 11.6 Å². The third kappa shape index (κ3) is 2.08. The fourth-order valence-corrected chi connectivity index (χ4v) is 2.61. The molecule has 0 bridgehead atoms. The molecule has 1 N–H and O–H groups in total. The summed E-state index contributed by atoms with van der Waals surface area (Å²) in [6.45, 7) is 6.84. The number of aromatic carboxylic acids is 1. The molecule has 6 nitrogen and oxygen atoms in total. The molecule has 0 unspecified atom stereocenters. The lowest BCUT2D eigenvalue weighted by atomic mass is 10.1. The molecule has 0 aliphatic carbocycles. The number of pyridine rings is 1. The van der Waals surface area contributed by atoms with Gasteiger partial charge in [-0.15, -0.1) is 0 Å². The first-order valence-electron chi connectivity index (χ1n) is 6.77. The Balaban J connectivity index is 2.17. The zero-order valence-electron chi connectivity index (χ0n) is 12.2. The average Bonchev–Trinajstić information content (AvgIpc) is 2.98. The number of hydrogen-bond donors (Lipinski definition) is 1. The number of carboxylic acids is 1. The number of rotatable bonds is 3. The lowest BCUT2D eigenvalue weighted by molar-refractivity contribution is 0.0696. The molecule has 108 valence electrons. The molecule has 3 aromatic heterocycles. The number of carbonyl (C=O) groups is 1. The molecule has 0 aliphatic heterocycles. The summed E-state index contributed by atoms with van der Waals surface area (Å²) in [7, 11) is 0. The van der Waals surface area contributed by atoms with Gasteiger partial charge in [0.2, 0.25) is 0 Å². The molecular weight excluding hydrogens is 268 g/mol. The van der Waals surface area contributed by atoms with Crippen LogP contribution in [0.4, 0.5) is 0 Å². The molecule has 3 aromatic rings. The molecule has 3 rings (SSSR count). The number of aromatic nitrogens is 4. The zero-order chi connectivity index (χ0) is 15.1. The summed E-state index contributed by atoms with van der Waals surface area (Å²) in [5, 5.41) is 13.5. The summed E-state index contributed by atoms with van der Waals surface area (Å²) < 4.78 is 3.68. The van der Waals surface area contributed by atoms with Gasteiger partial charge in [-0.3, -0.25) is 4.68 Å². The normalized spacial score (nSPS) is 11.2. The first kappa shape index (κ1) is 13.4. The molecule has 0 aliphatic rings. The summed E-state index contributed by atoms with van der Waals surface area (Å²) in [5.74, 6) is -0.946. The van der Waals surface area contributed by atoms with Crippen LogP contribution in [0.3, 0.4) is 0 Å². The van der Waals surface area contributed by atoms with Gasteiger partial charge in [-0.25, -0.2) is 9.78 Å². The standard InChI is InChI=1S/C15H16N4O2/c1-4-19-10(3)14(9(2)17-19)12-8-18-7-11(15(20)21)5-6-13(18)16-12/h5-8H,4H2,1-3H3,(H,20,21). The molecule has 0 spiro atoms. The Hall–Kier alpha value is -2.63. The van der Waals surface area contributed by atoms with Gasteiger partial charge in [0.15, 0.2) is 0 Å². The summed E-state index contributed by atoms with van der Waals surface area (Å²) in [6.07, 6.45) is 3.42. The van der Waals surface area contributed by atoms with Gasteiger partial charge in [0, 0.05) is 30.2 Å². The van der Waals surface area contributed by atoms with E-state index in [1.54, 1.807) is 22.7 Å². The Morgan fingerprint density at radius 1 is 1.29 bits per heavy atom. The minimum absolute atomic E-state index is 0.240. The highest BCUT2D eigenvalue weighted by molar-refractivity contribution is 5.87. The fraction of sp³-hybridized carbons (Fsp3) is 0.267. The molecule has 0 atom stereocenters. The molecule has 0 saturated heterocycles. The second-order valence-corrected chi connectivity index (χ2v) is 4.98. The summed E-state index contributed by atoms with van der Waals surface area (Å²) >= 11 is 0. The van der Waals surface area contributed by atoms with Crippen molar-refractivity contribution in [3.05, 3.63) is 41.5 Å². The highest BCUT2D eigenvalue weighted by Crippen LogP contribution is 2.26. The first-order chi connectivity index (χ1) is 10.0. The van der Waals surface area contributed by atoms with Crippen molar-refractivity contribution in [1.29, 1.82) is 0 Å². The Labute approximate surface area is 121 Å². The van der Waals surface area contributed by atoms with Crippen molar-refractivity contribution in [2.75, 3.05) is 0 Å². The summed E-state index contributed by atoms with van der Waals surface area (Å²) in [5.41, 5.74) is 4.78. The predicted molar refractivity (Wildman–Crippen MR) is 78.5 cm³/mol. The molecule has 0 radical (unpaired) electrons. The van der Waals surface area contributed by atoms with Crippen LogP contribution in [0.2, 0.25) is 0 Å². The Morgan fingerprint density at radius 3 is 2.67 bits per heavy atom. The van der Waals surface area contributed by atoms with E-state index in [0.717, 1.165) is 34.8 Å². The van der Waals surface area contributed by atoms with E-state index in [1.165, 1.54) is 0 Å². The quantitative estimate of drug-likeness (QED) is 0.802. The first-order valence-corrected chi connectivity index (χ1v) is 6.77. The van der Waals surface area contributed by atoms with Crippen LogP contribution in [0.5, 0.6) is 0 Å². The van der Waals surface area contributed by atoms with E-state index in [1.807, 2.05) is 31.6 Å². The molecule has 6 heteroatoms. The number of imidazole rings is 1. The van der Waals surface area contributed by atoms with Crippen LogP contribution in [0.15, 0.2) is 24.5 Å². The lowest BCUT2D eigenvalue weighted by Crippen LogP contribution is -1.98. The van der Waals surface area contributed by atoms with Crippen LogP contribution in [0.1, 0.15) is 28.7 Å². The van der Waals surface area contributed by atoms with Crippen LogP contribution < -0.4 is 0 Å². The van der Waals surface area contributed by atoms with Gasteiger partial charge in [0.05, 0.1) is 17.0 Å². The van der Waals surface area contributed by atoms with Crippen LogP contribution >= 0.6 is 0 Å². The van der Waals surface area contributed by atoms with Gasteiger partial charge in [0.25, 0.3) is 0 Å². The Morgan fingerprint density at radius 2 is 2.05 bits per heavy atom. The lowest BCUT2D eigenvalue weighted by Gasteiger charge is -1.99. The fourth-order valence-electron chi connectivity index (χ4n) is 2.61. The van der Waals surface area contributed by atoms with E-state index in [0.29, 0.717) is 0 Å². The minimum atomic E-state index is -0.946. The summed E-state index contributed by atoms with van der Waals surface area (Å²) in [6, 6.07) is 3.27. The van der Waals surface area contributed by atoms with Crippen molar-refractivity contribution in [3.63, 3.8) is 0 Å². The molecule has 0 saturated carbocycles. The smallest absolute Gasteiger partial charge is 0.337 e. The maximum absolute atomic E-state index is 11.0. The molecule has 0 fully saturated rings. The average molecular weight is 284 g/mol. The molecule has 3 heterocycles. The van der Waals surface area contributed by atoms with Gasteiger partial charge >= 0.3 is 5.97 Å². The van der Waals surface area contributed by atoms with E-state index in [4.69, 9.17) is 5.11 Å². The second kappa shape index (κ2) is 4.73. The van der Waals surface area contributed by atoms with Crippen molar-refractivity contribution in [2.45, 2.75) is 27.3 Å². The van der Waals surface area contributed by atoms with Crippen molar-refractivity contribution in [2.24, 2.45) is 0 Å². The highest BCUT2D eigenvalue weighted by Gasteiger charge is 2.16. The highest BCUT2D eigenvalue weighted by atomic mass is 16.4. The topological polar surface area (TPSA) is 72.4 Å². The van der Waals surface area contributed by atoms with E-state index >= 15 is 0 Å². The van der Waals surface area contributed by atoms with Gasteiger partial charge < -0.3 is 9.51 Å². The van der Waals surface area contributed by atoms with Crippen LogP contribution in [-0.4, -0.2) is 30.2 Å². The maximum Gasteiger partial charge on any atom is 0.337 e. The maximum atomic E-state index is 11.0. The van der Waals surface area contributed by atoms with E-state index < -0.39 is 5.97 Å². The number of fused-ring (bicyclic) bond motifs is 1. The number of hydrogen-bond acceptors (Lipinski definition) is 3. The molecule has 0 amide bonds. The van der Waals surface area contributed by atoms with Crippen LogP contribution in [0, 0.1) is 13.8 Å². The van der Waals surface area contributed by atoms with E-state index in [9.17, 15) is 4.79 Å². The van der Waals surface area contributed by atoms with Crippen molar-refractivity contribution in [1.82, 2.24) is 19.2 Å². The molecule has 21 heavy (non-hydrogen) atoms. The van der Waals surface area contributed by atoms with Gasteiger partial charge in [-0.05, 0) is 32.9 Å².